The van der Waals surface area contributed by atoms with Gasteiger partial charge in [0.15, 0.2) is 0 Å². The third kappa shape index (κ3) is 6.00. The molecule has 0 amide bonds. The molecule has 0 heterocycles. The van der Waals surface area contributed by atoms with E-state index in [1.165, 1.54) is 6.07 Å². The molecule has 12 heteroatoms. The normalized spacial score (nSPS) is 32.6. The summed E-state index contributed by atoms with van der Waals surface area (Å²) < 4.78 is 75.2. The first-order valence-electron chi connectivity index (χ1n) is 9.38. The number of hydrogen-bond acceptors (Lipinski definition) is 8. The standard InChI is InChI=1S/C18H24O8S2.2K/c1-18-9-8-14-13-5-3-12(25-27(19,20)21)10-11(13)2-4-15(14)16(18)6-7-17(18)26-28(22,23)24;;/h3,5,10,14-17H,2,4,6-9H2,1H3,(H,19,20,21)(H,22,23,24);;/q;2*+1/p-2/t14?,15?,16?,17-,18-;;/m0../s1. The molecule has 8 nitrogen and oxygen atoms in total. The fourth-order valence-corrected chi connectivity index (χ4v) is 6.92. The maximum absolute atomic E-state index is 11.1. The molecule has 0 bridgehead atoms. The van der Waals surface area contributed by atoms with E-state index in [4.69, 9.17) is 4.18 Å². The van der Waals surface area contributed by atoms with Crippen LogP contribution in [0.5, 0.6) is 5.75 Å². The van der Waals surface area contributed by atoms with Crippen LogP contribution in [-0.2, 0) is 31.4 Å². The maximum atomic E-state index is 11.1. The van der Waals surface area contributed by atoms with Crippen molar-refractivity contribution in [3.63, 3.8) is 0 Å². The summed E-state index contributed by atoms with van der Waals surface area (Å²) in [6, 6.07) is 4.97. The smallest absolute Gasteiger partial charge is 0.726 e. The molecule has 0 aliphatic heterocycles. The van der Waals surface area contributed by atoms with Crippen LogP contribution in [0.15, 0.2) is 18.2 Å². The van der Waals surface area contributed by atoms with Crippen LogP contribution in [-0.4, -0.2) is 32.0 Å². The number of aryl methyl sites for hydroxylation is 1. The van der Waals surface area contributed by atoms with Crippen LogP contribution in [0.2, 0.25) is 0 Å². The van der Waals surface area contributed by atoms with E-state index < -0.39 is 26.9 Å². The van der Waals surface area contributed by atoms with Crippen molar-refractivity contribution in [3.05, 3.63) is 29.3 Å². The second-order valence-electron chi connectivity index (χ2n) is 8.38. The van der Waals surface area contributed by atoms with Crippen LogP contribution in [0.3, 0.4) is 0 Å². The van der Waals surface area contributed by atoms with Crippen LogP contribution in [0.4, 0.5) is 0 Å². The van der Waals surface area contributed by atoms with Crippen molar-refractivity contribution in [3.8, 4) is 5.75 Å². The van der Waals surface area contributed by atoms with Gasteiger partial charge >= 0.3 is 103 Å². The van der Waals surface area contributed by atoms with Crippen LogP contribution in [0, 0.1) is 17.3 Å². The monoisotopic (exact) mass is 508 g/mol. The summed E-state index contributed by atoms with van der Waals surface area (Å²) in [5, 5.41) is 0. The minimum Gasteiger partial charge on any atom is -0.726 e. The van der Waals surface area contributed by atoms with Gasteiger partial charge in [0.1, 0.15) is 5.75 Å². The molecule has 3 unspecified atom stereocenters. The number of fused-ring (bicyclic) bond motifs is 5. The summed E-state index contributed by atoms with van der Waals surface area (Å²) in [5.74, 6) is 0.929. The Morgan fingerprint density at radius 2 is 1.70 bits per heavy atom. The molecule has 30 heavy (non-hydrogen) atoms. The Bertz CT molecular complexity index is 997. The first-order chi connectivity index (χ1) is 13.0. The molecule has 0 radical (unpaired) electrons. The van der Waals surface area contributed by atoms with Crippen molar-refractivity contribution >= 4 is 20.8 Å². The molecule has 1 aromatic carbocycles. The Hall–Kier alpha value is 2.07. The molecule has 5 atom stereocenters. The average Bonchev–Trinajstić information content (AvgIpc) is 2.88. The Morgan fingerprint density at radius 1 is 1.00 bits per heavy atom. The van der Waals surface area contributed by atoms with E-state index in [0.29, 0.717) is 12.3 Å². The van der Waals surface area contributed by atoms with Gasteiger partial charge in [0.2, 0.25) is 10.4 Å². The summed E-state index contributed by atoms with van der Waals surface area (Å²) in [5.41, 5.74) is 1.78. The fourth-order valence-electron chi connectivity index (χ4n) is 5.98. The topological polar surface area (TPSA) is 133 Å². The predicted octanol–water partition coefficient (Wildman–Crippen LogP) is -3.76. The van der Waals surface area contributed by atoms with Gasteiger partial charge in [-0.1, -0.05) is 13.0 Å². The van der Waals surface area contributed by atoms with Crippen molar-refractivity contribution in [2.45, 2.75) is 57.5 Å². The molecule has 2 saturated carbocycles. The van der Waals surface area contributed by atoms with E-state index in [1.807, 2.05) is 13.0 Å². The van der Waals surface area contributed by atoms with Crippen molar-refractivity contribution in [2.24, 2.45) is 17.3 Å². The third-order valence-electron chi connectivity index (χ3n) is 7.04. The van der Waals surface area contributed by atoms with E-state index in [2.05, 4.69) is 4.18 Å². The van der Waals surface area contributed by atoms with Gasteiger partial charge in [-0.2, -0.15) is 0 Å². The van der Waals surface area contributed by atoms with Gasteiger partial charge < -0.3 is 13.3 Å². The van der Waals surface area contributed by atoms with Crippen molar-refractivity contribution in [1.29, 1.82) is 0 Å². The van der Waals surface area contributed by atoms with Crippen LogP contribution in [0.1, 0.15) is 56.1 Å². The Morgan fingerprint density at radius 3 is 2.33 bits per heavy atom. The number of rotatable bonds is 4. The summed E-state index contributed by atoms with van der Waals surface area (Å²) >= 11 is 0. The zero-order valence-electron chi connectivity index (χ0n) is 17.4. The van der Waals surface area contributed by atoms with Crippen molar-refractivity contribution in [2.75, 3.05) is 0 Å². The molecule has 0 N–H and O–H groups in total. The fraction of sp³-hybridized carbons (Fsp3) is 0.667. The van der Waals surface area contributed by atoms with Gasteiger partial charge in [0.05, 0.1) is 6.10 Å². The van der Waals surface area contributed by atoms with Gasteiger partial charge in [-0.25, -0.2) is 16.8 Å². The molecule has 0 spiro atoms. The molecule has 4 rings (SSSR count). The number of hydrogen-bond donors (Lipinski definition) is 0. The van der Waals surface area contributed by atoms with E-state index in [9.17, 15) is 25.9 Å². The molecule has 0 aromatic heterocycles. The molecule has 1 aromatic rings. The van der Waals surface area contributed by atoms with Gasteiger partial charge in [-0.3, -0.25) is 4.18 Å². The van der Waals surface area contributed by atoms with E-state index >= 15 is 0 Å². The zero-order valence-corrected chi connectivity index (χ0v) is 25.2. The van der Waals surface area contributed by atoms with Crippen LogP contribution in [0.25, 0.3) is 0 Å². The van der Waals surface area contributed by atoms with E-state index in [-0.39, 0.29) is 126 Å². The van der Waals surface area contributed by atoms with Gasteiger partial charge in [0.25, 0.3) is 10.4 Å². The first-order valence-corrected chi connectivity index (χ1v) is 12.1. The molecular weight excluding hydrogens is 487 g/mol. The van der Waals surface area contributed by atoms with Gasteiger partial charge in [-0.15, -0.1) is 0 Å². The molecule has 2 fully saturated rings. The first kappa shape index (κ1) is 28.3. The molecular formula is C18H22K2O8S2. The van der Waals surface area contributed by atoms with Crippen LogP contribution < -0.4 is 107 Å². The predicted molar refractivity (Wildman–Crippen MR) is 96.0 cm³/mol. The molecule has 156 valence electrons. The van der Waals surface area contributed by atoms with E-state index in [1.54, 1.807) is 6.07 Å². The van der Waals surface area contributed by atoms with Gasteiger partial charge in [0, 0.05) is 0 Å². The quantitative estimate of drug-likeness (QED) is 0.230. The maximum Gasteiger partial charge on any atom is 1.00 e. The molecule has 3 aliphatic carbocycles. The SMILES string of the molecule is C[C@]12CCC3c4ccc(OS(=O)(=O)[O-])cc4CCC3C1CC[C@@H]2OS(=O)(=O)[O-].[K+].[K+]. The summed E-state index contributed by atoms with van der Waals surface area (Å²) in [4.78, 5) is 0. The Labute approximate surface area is 263 Å². The minimum atomic E-state index is -4.81. The summed E-state index contributed by atoms with van der Waals surface area (Å²) in [6.45, 7) is 2.03. The average molecular weight is 509 g/mol. The largest absolute Gasteiger partial charge is 1.00 e. The van der Waals surface area contributed by atoms with E-state index in [0.717, 1.165) is 43.2 Å². The van der Waals surface area contributed by atoms with Gasteiger partial charge in [-0.05, 0) is 85.0 Å². The minimum absolute atomic E-state index is 0. The number of benzene rings is 1. The molecule has 3 aliphatic rings. The van der Waals surface area contributed by atoms with Crippen LogP contribution >= 0.6 is 0 Å². The third-order valence-corrected chi connectivity index (χ3v) is 7.91. The van der Waals surface area contributed by atoms with Crippen molar-refractivity contribution in [1.82, 2.24) is 0 Å². The second kappa shape index (κ2) is 10.4. The zero-order chi connectivity index (χ0) is 20.3. The molecule has 0 saturated heterocycles. The second-order valence-corrected chi connectivity index (χ2v) is 10.4. The Kier molecular flexibility index (Phi) is 9.78. The van der Waals surface area contributed by atoms with Crippen molar-refractivity contribution < 1.29 is 137 Å². The summed E-state index contributed by atoms with van der Waals surface area (Å²) in [7, 11) is -9.54. The summed E-state index contributed by atoms with van der Waals surface area (Å²) in [6.07, 6.45) is 4.01. The Balaban J connectivity index is 0.00000160.